The number of aliphatic hydroxyl groups is 4. The van der Waals surface area contributed by atoms with Crippen LogP contribution in [0.3, 0.4) is 0 Å². The fourth-order valence-electron chi connectivity index (χ4n) is 10.3. The minimum absolute atomic E-state index is 0.00465. The lowest BCUT2D eigenvalue weighted by molar-refractivity contribution is -0.184. The molecule has 5 fully saturated rings. The lowest BCUT2D eigenvalue weighted by Crippen LogP contribution is -2.62. The molecule has 6 heteroatoms. The van der Waals surface area contributed by atoms with Gasteiger partial charge in [-0.3, -0.25) is 4.79 Å². The predicted octanol–water partition coefficient (Wildman–Crippen LogP) is 3.33. The van der Waals surface area contributed by atoms with Crippen molar-refractivity contribution in [2.75, 3.05) is 0 Å². The molecule has 0 radical (unpaired) electrons. The van der Waals surface area contributed by atoms with E-state index in [0.29, 0.717) is 19.3 Å². The molecule has 14 atom stereocenters. The van der Waals surface area contributed by atoms with Crippen LogP contribution in [0.25, 0.3) is 0 Å². The van der Waals surface area contributed by atoms with Gasteiger partial charge in [0.15, 0.2) is 5.78 Å². The standard InChI is InChI=1S/C29H48O6/c1-14(2)29(16(4)35-29)22(32)11-15(3)24-21(31)13-19-23-18(8-10-28(19,24)6)27(5)9-7-17(30)12-20(27)25(33)26(23)34/h14-25,30-33H,7-13H2,1-6H3/t15-,16-,17+,18+,19+,20-,21+,22+,23-,24-,25-,27-,28+,29+/m1/s1. The van der Waals surface area contributed by atoms with E-state index in [0.717, 1.165) is 25.7 Å². The summed E-state index contributed by atoms with van der Waals surface area (Å²) in [5.74, 6) is 0.103. The Labute approximate surface area is 210 Å². The van der Waals surface area contributed by atoms with E-state index in [1.54, 1.807) is 0 Å². The first kappa shape index (κ1) is 26.1. The summed E-state index contributed by atoms with van der Waals surface area (Å²) in [6, 6.07) is 0. The Kier molecular flexibility index (Phi) is 6.33. The first-order valence-corrected chi connectivity index (χ1v) is 14.2. The third-order valence-electron chi connectivity index (χ3n) is 12.2. The smallest absolute Gasteiger partial charge is 0.165 e. The molecule has 5 aliphatic rings. The third kappa shape index (κ3) is 3.56. The Balaban J connectivity index is 1.40. The van der Waals surface area contributed by atoms with Crippen LogP contribution in [0.1, 0.15) is 86.5 Å². The number of Topliss-reactive ketones (excluding diaryl/α,β-unsaturated/α-hetero) is 1. The fraction of sp³-hybridized carbons (Fsp3) is 0.966. The van der Waals surface area contributed by atoms with Crippen molar-refractivity contribution < 1.29 is 30.0 Å². The van der Waals surface area contributed by atoms with Crippen molar-refractivity contribution in [2.45, 2.75) is 123 Å². The molecule has 1 aliphatic heterocycles. The average Bonchev–Trinajstić information content (AvgIpc) is 3.39. The summed E-state index contributed by atoms with van der Waals surface area (Å²) in [4.78, 5) is 13.7. The number of carbonyl (C=O) groups is 1. The van der Waals surface area contributed by atoms with Gasteiger partial charge in [-0.05, 0) is 92.3 Å². The molecule has 5 rings (SSSR count). The first-order valence-electron chi connectivity index (χ1n) is 14.2. The van der Waals surface area contributed by atoms with Gasteiger partial charge in [-0.1, -0.05) is 34.6 Å². The molecular formula is C29H48O6. The average molecular weight is 493 g/mol. The number of rotatable bonds is 5. The fourth-order valence-corrected chi connectivity index (χ4v) is 10.3. The molecule has 35 heavy (non-hydrogen) atoms. The summed E-state index contributed by atoms with van der Waals surface area (Å²) in [6.45, 7) is 12.9. The van der Waals surface area contributed by atoms with Crippen molar-refractivity contribution in [1.29, 1.82) is 0 Å². The summed E-state index contributed by atoms with van der Waals surface area (Å²) >= 11 is 0. The molecule has 200 valence electrons. The van der Waals surface area contributed by atoms with E-state index in [2.05, 4.69) is 34.6 Å². The zero-order chi connectivity index (χ0) is 25.7. The normalized spacial score (nSPS) is 55.2. The molecule has 4 N–H and O–H groups in total. The van der Waals surface area contributed by atoms with Crippen molar-refractivity contribution in [2.24, 2.45) is 52.3 Å². The van der Waals surface area contributed by atoms with Gasteiger partial charge in [0.2, 0.25) is 0 Å². The van der Waals surface area contributed by atoms with Gasteiger partial charge in [0.05, 0.1) is 24.4 Å². The number of carbonyl (C=O) groups excluding carboxylic acids is 1. The number of hydrogen-bond acceptors (Lipinski definition) is 6. The van der Waals surface area contributed by atoms with E-state index in [1.165, 1.54) is 0 Å². The number of ketones is 1. The van der Waals surface area contributed by atoms with Crippen LogP contribution in [0.5, 0.6) is 0 Å². The number of ether oxygens (including phenoxy) is 1. The zero-order valence-corrected chi connectivity index (χ0v) is 22.5. The maximum Gasteiger partial charge on any atom is 0.165 e. The highest BCUT2D eigenvalue weighted by atomic mass is 16.6. The first-order chi connectivity index (χ1) is 16.3. The van der Waals surface area contributed by atoms with E-state index in [4.69, 9.17) is 4.74 Å². The summed E-state index contributed by atoms with van der Waals surface area (Å²) in [7, 11) is 0. The Bertz CT molecular complexity index is 845. The van der Waals surface area contributed by atoms with Gasteiger partial charge < -0.3 is 25.2 Å². The second-order valence-electron chi connectivity index (χ2n) is 14.0. The van der Waals surface area contributed by atoms with Gasteiger partial charge in [-0.15, -0.1) is 0 Å². The number of hydrogen-bond donors (Lipinski definition) is 4. The van der Waals surface area contributed by atoms with Crippen LogP contribution in [0.4, 0.5) is 0 Å². The van der Waals surface area contributed by atoms with Gasteiger partial charge in [0, 0.05) is 11.8 Å². The second kappa shape index (κ2) is 8.49. The van der Waals surface area contributed by atoms with Gasteiger partial charge in [0.1, 0.15) is 11.7 Å². The second-order valence-corrected chi connectivity index (χ2v) is 14.0. The maximum absolute atomic E-state index is 13.7. The van der Waals surface area contributed by atoms with E-state index >= 15 is 0 Å². The van der Waals surface area contributed by atoms with Crippen LogP contribution in [0, 0.1) is 52.3 Å². The van der Waals surface area contributed by atoms with Crippen LogP contribution >= 0.6 is 0 Å². The highest BCUT2D eigenvalue weighted by Gasteiger charge is 2.67. The Hall–Kier alpha value is -0.530. The largest absolute Gasteiger partial charge is 0.393 e. The van der Waals surface area contributed by atoms with Crippen molar-refractivity contribution in [3.63, 3.8) is 0 Å². The Morgan fingerprint density at radius 3 is 2.20 bits per heavy atom. The van der Waals surface area contributed by atoms with E-state index in [-0.39, 0.29) is 64.1 Å². The highest BCUT2D eigenvalue weighted by molar-refractivity contribution is 5.87. The zero-order valence-electron chi connectivity index (χ0n) is 22.5. The van der Waals surface area contributed by atoms with Gasteiger partial charge in [-0.2, -0.15) is 0 Å². The molecule has 0 bridgehead atoms. The van der Waals surface area contributed by atoms with Crippen molar-refractivity contribution in [1.82, 2.24) is 0 Å². The monoisotopic (exact) mass is 492 g/mol. The van der Waals surface area contributed by atoms with Crippen molar-refractivity contribution >= 4 is 5.78 Å². The predicted molar refractivity (Wildman–Crippen MR) is 132 cm³/mol. The minimum Gasteiger partial charge on any atom is -0.393 e. The van der Waals surface area contributed by atoms with Crippen molar-refractivity contribution in [3.8, 4) is 0 Å². The number of aliphatic hydroxyl groups excluding tert-OH is 4. The summed E-state index contributed by atoms with van der Waals surface area (Å²) < 4.78 is 5.91. The summed E-state index contributed by atoms with van der Waals surface area (Å²) in [6.07, 6.45) is 2.63. The van der Waals surface area contributed by atoms with Gasteiger partial charge in [0.25, 0.3) is 0 Å². The lowest BCUT2D eigenvalue weighted by atomic mass is 9.43. The third-order valence-corrected chi connectivity index (χ3v) is 12.2. The van der Waals surface area contributed by atoms with Gasteiger partial charge in [-0.25, -0.2) is 0 Å². The molecule has 0 aromatic carbocycles. The SMILES string of the molecule is CC(C)[C@]1([C@@H](O)C[C@@H](C)[C@@H]2[C@@H](O)C[C@H]3[C@@H]4C(=O)[C@H](O)[C@H]5C[C@@H](O)CC[C@]5(C)[C@H]4CC[C@]23C)O[C@@H]1C. The van der Waals surface area contributed by atoms with Crippen LogP contribution in [0.15, 0.2) is 0 Å². The molecule has 0 aromatic heterocycles. The quantitative estimate of drug-likeness (QED) is 0.438. The van der Waals surface area contributed by atoms with Crippen LogP contribution in [-0.2, 0) is 9.53 Å². The molecule has 0 amide bonds. The van der Waals surface area contributed by atoms with E-state index in [1.807, 2.05) is 6.92 Å². The Morgan fingerprint density at radius 1 is 0.971 bits per heavy atom. The van der Waals surface area contributed by atoms with Crippen LogP contribution < -0.4 is 0 Å². The molecule has 1 saturated heterocycles. The van der Waals surface area contributed by atoms with Crippen LogP contribution in [-0.4, -0.2) is 62.3 Å². The molecular weight excluding hydrogens is 444 g/mol. The molecule has 0 unspecified atom stereocenters. The molecule has 4 saturated carbocycles. The van der Waals surface area contributed by atoms with Crippen LogP contribution in [0.2, 0.25) is 0 Å². The summed E-state index contributed by atoms with van der Waals surface area (Å²) in [5, 5.41) is 44.1. The number of fused-ring (bicyclic) bond motifs is 5. The van der Waals surface area contributed by atoms with E-state index in [9.17, 15) is 25.2 Å². The summed E-state index contributed by atoms with van der Waals surface area (Å²) in [5.41, 5.74) is -0.839. The molecule has 1 heterocycles. The number of epoxide rings is 1. The van der Waals surface area contributed by atoms with E-state index < -0.39 is 30.0 Å². The minimum atomic E-state index is -1.02. The highest BCUT2D eigenvalue weighted by Crippen LogP contribution is 2.68. The van der Waals surface area contributed by atoms with Gasteiger partial charge >= 0.3 is 0 Å². The molecule has 0 spiro atoms. The molecule has 6 nitrogen and oxygen atoms in total. The molecule has 0 aromatic rings. The van der Waals surface area contributed by atoms with Crippen molar-refractivity contribution in [3.05, 3.63) is 0 Å². The Morgan fingerprint density at radius 2 is 1.60 bits per heavy atom. The topological polar surface area (TPSA) is 111 Å². The molecule has 4 aliphatic carbocycles. The maximum atomic E-state index is 13.7. The lowest BCUT2D eigenvalue weighted by Gasteiger charge is -2.61.